The fraction of sp³-hybridized carbons (Fsp3) is 0.143. The second-order valence-electron chi connectivity index (χ2n) is 6.80. The van der Waals surface area contributed by atoms with E-state index < -0.39 is 16.7 Å². The summed E-state index contributed by atoms with van der Waals surface area (Å²) in [6, 6.07) is 11.8. The summed E-state index contributed by atoms with van der Waals surface area (Å²) in [5.41, 5.74) is 5.73. The normalized spacial score (nSPS) is 11.0. The third-order valence-electron chi connectivity index (χ3n) is 4.73. The van der Waals surface area contributed by atoms with Crippen LogP contribution < -0.4 is 5.32 Å². The first-order valence-corrected chi connectivity index (χ1v) is 8.86. The topological polar surface area (TPSA) is 111 Å². The van der Waals surface area contributed by atoms with Crippen LogP contribution in [0.5, 0.6) is 0 Å². The third kappa shape index (κ3) is 3.47. The number of carbonyl (C=O) groups is 1. The molecule has 2 heterocycles. The Morgan fingerprint density at radius 2 is 1.76 bits per heavy atom. The zero-order valence-electron chi connectivity index (χ0n) is 16.0. The van der Waals surface area contributed by atoms with E-state index in [1.54, 1.807) is 6.07 Å². The van der Waals surface area contributed by atoms with Crippen LogP contribution in [0, 0.1) is 30.9 Å². The highest BCUT2D eigenvalue weighted by Gasteiger charge is 2.18. The molecule has 8 heteroatoms. The zero-order chi connectivity index (χ0) is 20.7. The summed E-state index contributed by atoms with van der Waals surface area (Å²) in [6.07, 6.45) is 0. The van der Waals surface area contributed by atoms with Crippen molar-refractivity contribution in [1.29, 1.82) is 0 Å². The second kappa shape index (κ2) is 6.90. The lowest BCUT2D eigenvalue weighted by atomic mass is 10.1. The van der Waals surface area contributed by atoms with E-state index in [1.165, 1.54) is 6.07 Å². The van der Waals surface area contributed by atoms with Crippen molar-refractivity contribution in [1.82, 2.24) is 4.98 Å². The molecule has 0 radical (unpaired) electrons. The molecule has 0 bridgehead atoms. The van der Waals surface area contributed by atoms with Crippen molar-refractivity contribution in [3.8, 4) is 11.5 Å². The monoisotopic (exact) mass is 391 g/mol. The van der Waals surface area contributed by atoms with Gasteiger partial charge in [0.2, 0.25) is 5.89 Å². The highest BCUT2D eigenvalue weighted by molar-refractivity contribution is 6.03. The molecule has 146 valence electrons. The van der Waals surface area contributed by atoms with Crippen molar-refractivity contribution in [2.24, 2.45) is 0 Å². The zero-order valence-corrected chi connectivity index (χ0v) is 16.0. The average molecular weight is 391 g/mol. The van der Waals surface area contributed by atoms with Gasteiger partial charge < -0.3 is 14.2 Å². The van der Waals surface area contributed by atoms with Gasteiger partial charge in [0.05, 0.1) is 6.07 Å². The smallest absolute Gasteiger partial charge is 0.433 e. The maximum Gasteiger partial charge on any atom is 0.433 e. The predicted molar refractivity (Wildman–Crippen MR) is 107 cm³/mol. The molecule has 1 N–H and O–H groups in total. The highest BCUT2D eigenvalue weighted by atomic mass is 16.6. The molecule has 0 atom stereocenters. The fourth-order valence-corrected chi connectivity index (χ4v) is 2.92. The van der Waals surface area contributed by atoms with Gasteiger partial charge in [-0.2, -0.15) is 0 Å². The maximum atomic E-state index is 12.4. The summed E-state index contributed by atoms with van der Waals surface area (Å²) in [5, 5.41) is 13.4. The number of carbonyl (C=O) groups excluding carboxylic acids is 1. The molecule has 0 saturated carbocycles. The van der Waals surface area contributed by atoms with Crippen molar-refractivity contribution in [2.75, 3.05) is 5.32 Å². The Morgan fingerprint density at radius 1 is 1.00 bits per heavy atom. The number of nitrogens with zero attached hydrogens (tertiary/aromatic N) is 2. The second-order valence-corrected chi connectivity index (χ2v) is 6.80. The summed E-state index contributed by atoms with van der Waals surface area (Å²) < 4.78 is 10.8. The van der Waals surface area contributed by atoms with Gasteiger partial charge >= 0.3 is 5.88 Å². The van der Waals surface area contributed by atoms with Crippen LogP contribution in [-0.2, 0) is 0 Å². The molecule has 0 aliphatic heterocycles. The van der Waals surface area contributed by atoms with Crippen LogP contribution >= 0.6 is 0 Å². The van der Waals surface area contributed by atoms with E-state index >= 15 is 0 Å². The van der Waals surface area contributed by atoms with Crippen LogP contribution in [0.25, 0.3) is 22.6 Å². The van der Waals surface area contributed by atoms with Gasteiger partial charge in [-0.05, 0) is 67.8 Å². The molecule has 2 aromatic heterocycles. The Hall–Kier alpha value is -3.94. The maximum absolute atomic E-state index is 12.4. The molecular weight excluding hydrogens is 374 g/mol. The summed E-state index contributed by atoms with van der Waals surface area (Å²) in [7, 11) is 0. The summed E-state index contributed by atoms with van der Waals surface area (Å²) >= 11 is 0. The summed E-state index contributed by atoms with van der Waals surface area (Å²) in [5.74, 6) is -0.775. The van der Waals surface area contributed by atoms with Crippen LogP contribution in [0.4, 0.5) is 11.6 Å². The lowest BCUT2D eigenvalue weighted by molar-refractivity contribution is -0.402. The highest BCUT2D eigenvalue weighted by Crippen LogP contribution is 2.29. The van der Waals surface area contributed by atoms with E-state index in [0.717, 1.165) is 28.3 Å². The van der Waals surface area contributed by atoms with Crippen molar-refractivity contribution >= 4 is 28.6 Å². The quantitative estimate of drug-likeness (QED) is 0.379. The molecule has 2 aromatic carbocycles. The van der Waals surface area contributed by atoms with Gasteiger partial charge in [-0.25, -0.2) is 4.98 Å². The number of rotatable bonds is 4. The van der Waals surface area contributed by atoms with E-state index in [1.807, 2.05) is 45.0 Å². The number of anilines is 1. The molecule has 0 unspecified atom stereocenters. The molecule has 8 nitrogen and oxygen atoms in total. The number of furan rings is 1. The largest absolute Gasteiger partial charge is 0.436 e. The average Bonchev–Trinajstić information content (AvgIpc) is 3.31. The van der Waals surface area contributed by atoms with Gasteiger partial charge in [-0.15, -0.1) is 0 Å². The van der Waals surface area contributed by atoms with Gasteiger partial charge in [0, 0.05) is 11.3 Å². The molecule has 29 heavy (non-hydrogen) atoms. The van der Waals surface area contributed by atoms with Crippen molar-refractivity contribution in [2.45, 2.75) is 20.8 Å². The molecule has 1 amide bonds. The van der Waals surface area contributed by atoms with Crippen LogP contribution in [0.1, 0.15) is 27.2 Å². The minimum Gasteiger partial charge on any atom is -0.436 e. The lowest BCUT2D eigenvalue weighted by Crippen LogP contribution is -2.12. The number of nitrogens with one attached hydrogen (secondary N) is 1. The number of hydrogen-bond donors (Lipinski definition) is 1. The van der Waals surface area contributed by atoms with E-state index in [2.05, 4.69) is 10.3 Å². The minimum atomic E-state index is -0.695. The van der Waals surface area contributed by atoms with Gasteiger partial charge in [-0.1, -0.05) is 6.07 Å². The number of nitro groups is 1. The Morgan fingerprint density at radius 3 is 2.48 bits per heavy atom. The van der Waals surface area contributed by atoms with Crippen LogP contribution in [0.15, 0.2) is 51.3 Å². The summed E-state index contributed by atoms with van der Waals surface area (Å²) in [6.45, 7) is 5.86. The molecule has 4 aromatic rings. The lowest BCUT2D eigenvalue weighted by Gasteiger charge is -2.08. The molecule has 0 aliphatic rings. The van der Waals surface area contributed by atoms with Crippen molar-refractivity contribution < 1.29 is 18.6 Å². The first-order valence-electron chi connectivity index (χ1n) is 8.86. The number of benzene rings is 2. The number of fused-ring (bicyclic) bond motifs is 1. The Kier molecular flexibility index (Phi) is 4.38. The molecule has 0 spiro atoms. The Bertz CT molecular complexity index is 1230. The van der Waals surface area contributed by atoms with E-state index in [0.29, 0.717) is 22.7 Å². The Balaban J connectivity index is 1.65. The van der Waals surface area contributed by atoms with E-state index in [4.69, 9.17) is 8.83 Å². The molecule has 0 saturated heterocycles. The van der Waals surface area contributed by atoms with Crippen LogP contribution in [-0.4, -0.2) is 15.8 Å². The van der Waals surface area contributed by atoms with E-state index in [-0.39, 0.29) is 5.76 Å². The van der Waals surface area contributed by atoms with Crippen molar-refractivity contribution in [3.05, 3.63) is 75.0 Å². The first-order chi connectivity index (χ1) is 13.8. The third-order valence-corrected chi connectivity index (χ3v) is 4.73. The molecule has 4 rings (SSSR count). The van der Waals surface area contributed by atoms with Gasteiger partial charge in [0.1, 0.15) is 10.4 Å². The SMILES string of the molecule is Cc1cc2nc(-c3ccc(C)c(NC(=O)c4ccc([N+](=O)[O-])o4)c3)oc2cc1C. The number of aromatic nitrogens is 1. The van der Waals surface area contributed by atoms with Gasteiger partial charge in [0.25, 0.3) is 5.91 Å². The molecular formula is C21H17N3O5. The first kappa shape index (κ1) is 18.4. The number of amides is 1. The number of hydrogen-bond acceptors (Lipinski definition) is 6. The molecule has 0 aliphatic carbocycles. The van der Waals surface area contributed by atoms with Crippen molar-refractivity contribution in [3.63, 3.8) is 0 Å². The minimum absolute atomic E-state index is 0.144. The predicted octanol–water partition coefficient (Wildman–Crippen LogP) is 5.17. The van der Waals surface area contributed by atoms with E-state index in [9.17, 15) is 14.9 Å². The van der Waals surface area contributed by atoms with Crippen LogP contribution in [0.2, 0.25) is 0 Å². The van der Waals surface area contributed by atoms with Crippen LogP contribution in [0.3, 0.4) is 0 Å². The Labute approximate surface area is 165 Å². The van der Waals surface area contributed by atoms with Gasteiger partial charge in [-0.3, -0.25) is 14.9 Å². The standard InChI is InChI=1S/C21H17N3O5/c1-11-4-5-14(21-23-16-8-12(2)13(3)9-18(16)29-21)10-15(11)22-20(25)17-6-7-19(28-17)24(26)27/h4-10H,1-3H3,(H,22,25). The molecule has 0 fully saturated rings. The fourth-order valence-electron chi connectivity index (χ4n) is 2.92. The number of aryl methyl sites for hydroxylation is 3. The summed E-state index contributed by atoms with van der Waals surface area (Å²) in [4.78, 5) is 27.0. The van der Waals surface area contributed by atoms with Gasteiger partial charge in [0.15, 0.2) is 11.3 Å². The number of oxazole rings is 1.